The van der Waals surface area contributed by atoms with Gasteiger partial charge in [-0.1, -0.05) is 0 Å². The van der Waals surface area contributed by atoms with Crippen LogP contribution in [-0.2, 0) is 19.0 Å². The van der Waals surface area contributed by atoms with Crippen molar-refractivity contribution in [2.24, 2.45) is 0 Å². The molecule has 19 heavy (non-hydrogen) atoms. The summed E-state index contributed by atoms with van der Waals surface area (Å²) in [7, 11) is 1.56. The van der Waals surface area contributed by atoms with E-state index >= 15 is 0 Å². The molecule has 1 saturated heterocycles. The Hall–Kier alpha value is -1.30. The number of hydrogen-bond acceptors (Lipinski definition) is 5. The van der Waals surface area contributed by atoms with Crippen molar-refractivity contribution in [1.82, 2.24) is 4.90 Å². The average molecular weight is 273 g/mol. The van der Waals surface area contributed by atoms with Crippen LogP contribution < -0.4 is 0 Å². The van der Waals surface area contributed by atoms with Gasteiger partial charge in [0.25, 0.3) is 0 Å². The first-order valence-electron chi connectivity index (χ1n) is 6.47. The number of amides is 1. The summed E-state index contributed by atoms with van der Waals surface area (Å²) in [6.07, 6.45) is -0.235. The van der Waals surface area contributed by atoms with Gasteiger partial charge in [0, 0.05) is 13.5 Å². The topological polar surface area (TPSA) is 65.1 Å². The molecule has 1 rings (SSSR count). The van der Waals surface area contributed by atoms with E-state index in [-0.39, 0.29) is 12.7 Å². The van der Waals surface area contributed by atoms with Crippen molar-refractivity contribution in [3.05, 3.63) is 0 Å². The third kappa shape index (κ3) is 4.38. The zero-order valence-corrected chi connectivity index (χ0v) is 12.3. The van der Waals surface area contributed by atoms with E-state index in [9.17, 15) is 9.59 Å². The Morgan fingerprint density at radius 1 is 1.32 bits per heavy atom. The Bertz CT molecular complexity index is 336. The minimum absolute atomic E-state index is 0.165. The molecular formula is C13H23NO5. The van der Waals surface area contributed by atoms with Gasteiger partial charge in [-0.05, 0) is 27.7 Å². The van der Waals surface area contributed by atoms with Gasteiger partial charge >= 0.3 is 12.1 Å². The second-order valence-corrected chi connectivity index (χ2v) is 5.49. The van der Waals surface area contributed by atoms with Crippen molar-refractivity contribution in [3.8, 4) is 0 Å². The molecule has 1 amide bonds. The number of carbonyl (C=O) groups excluding carboxylic acids is 2. The lowest BCUT2D eigenvalue weighted by Gasteiger charge is -2.27. The quantitative estimate of drug-likeness (QED) is 0.730. The molecule has 0 spiro atoms. The van der Waals surface area contributed by atoms with E-state index < -0.39 is 23.7 Å². The van der Waals surface area contributed by atoms with Crippen LogP contribution in [0.1, 0.15) is 34.1 Å². The van der Waals surface area contributed by atoms with Crippen LogP contribution in [0.4, 0.5) is 4.79 Å². The summed E-state index contributed by atoms with van der Waals surface area (Å²) in [5, 5.41) is 0. The minimum atomic E-state index is -0.625. The summed E-state index contributed by atoms with van der Waals surface area (Å²) >= 11 is 0. The van der Waals surface area contributed by atoms with E-state index in [1.807, 2.05) is 0 Å². The molecule has 0 aromatic heterocycles. The van der Waals surface area contributed by atoms with Crippen LogP contribution >= 0.6 is 0 Å². The van der Waals surface area contributed by atoms with Crippen LogP contribution in [0, 0.1) is 0 Å². The Labute approximate surface area is 114 Å². The van der Waals surface area contributed by atoms with Gasteiger partial charge in [0.15, 0.2) is 0 Å². The lowest BCUT2D eigenvalue weighted by atomic mass is 10.2. The van der Waals surface area contributed by atoms with Crippen LogP contribution in [0.3, 0.4) is 0 Å². The summed E-state index contributed by atoms with van der Waals surface area (Å²) < 4.78 is 15.5. The molecule has 6 heteroatoms. The second-order valence-electron chi connectivity index (χ2n) is 5.49. The Kier molecular flexibility index (Phi) is 5.17. The highest BCUT2D eigenvalue weighted by Crippen LogP contribution is 2.23. The smallest absolute Gasteiger partial charge is 0.411 e. The highest BCUT2D eigenvalue weighted by molar-refractivity contribution is 5.82. The van der Waals surface area contributed by atoms with Gasteiger partial charge in [-0.2, -0.15) is 0 Å². The summed E-state index contributed by atoms with van der Waals surface area (Å²) in [4.78, 5) is 25.3. The molecule has 1 aliphatic heterocycles. The van der Waals surface area contributed by atoms with Gasteiger partial charge in [0.2, 0.25) is 0 Å². The third-order valence-corrected chi connectivity index (χ3v) is 2.78. The molecule has 0 aromatic rings. The predicted octanol–water partition coefficient (Wildman–Crippen LogP) is 1.57. The van der Waals surface area contributed by atoms with Gasteiger partial charge in [0.05, 0.1) is 19.3 Å². The van der Waals surface area contributed by atoms with E-state index in [1.54, 1.807) is 34.8 Å². The van der Waals surface area contributed by atoms with Gasteiger partial charge in [-0.25, -0.2) is 9.59 Å². The van der Waals surface area contributed by atoms with E-state index in [1.165, 1.54) is 4.90 Å². The van der Waals surface area contributed by atoms with Crippen LogP contribution in [-0.4, -0.2) is 55.0 Å². The maximum Gasteiger partial charge on any atom is 0.411 e. The Balaban J connectivity index is 2.76. The average Bonchev–Trinajstić information content (AvgIpc) is 2.71. The number of rotatable bonds is 3. The first-order chi connectivity index (χ1) is 8.78. The van der Waals surface area contributed by atoms with Gasteiger partial charge < -0.3 is 14.2 Å². The normalized spacial score (nSPS) is 23.3. The molecule has 0 aromatic carbocycles. The predicted molar refractivity (Wildman–Crippen MR) is 68.8 cm³/mol. The monoisotopic (exact) mass is 273 g/mol. The molecule has 110 valence electrons. The SMILES string of the molecule is CCOC(=O)C1CC(OC)CN1C(=O)OC(C)(C)C. The number of hydrogen-bond donors (Lipinski definition) is 0. The van der Waals surface area contributed by atoms with Crippen molar-refractivity contribution in [2.45, 2.75) is 51.9 Å². The van der Waals surface area contributed by atoms with E-state index in [0.29, 0.717) is 13.0 Å². The molecule has 0 N–H and O–H groups in total. The summed E-state index contributed by atoms with van der Waals surface area (Å²) in [5.74, 6) is -0.409. The summed E-state index contributed by atoms with van der Waals surface area (Å²) in [6.45, 7) is 7.72. The van der Waals surface area contributed by atoms with Crippen molar-refractivity contribution in [2.75, 3.05) is 20.3 Å². The fourth-order valence-corrected chi connectivity index (χ4v) is 1.95. The van der Waals surface area contributed by atoms with Crippen molar-refractivity contribution in [1.29, 1.82) is 0 Å². The largest absolute Gasteiger partial charge is 0.464 e. The fourth-order valence-electron chi connectivity index (χ4n) is 1.95. The van der Waals surface area contributed by atoms with Crippen LogP contribution in [0.2, 0.25) is 0 Å². The second kappa shape index (κ2) is 6.23. The summed E-state index contributed by atoms with van der Waals surface area (Å²) in [6, 6.07) is -0.625. The highest BCUT2D eigenvalue weighted by Gasteiger charge is 2.42. The molecule has 0 bridgehead atoms. The number of nitrogens with zero attached hydrogens (tertiary/aromatic N) is 1. The molecule has 2 unspecified atom stereocenters. The lowest BCUT2D eigenvalue weighted by molar-refractivity contribution is -0.148. The van der Waals surface area contributed by atoms with Crippen LogP contribution in [0.15, 0.2) is 0 Å². The van der Waals surface area contributed by atoms with Gasteiger partial charge in [0.1, 0.15) is 11.6 Å². The molecule has 1 fully saturated rings. The van der Waals surface area contributed by atoms with Gasteiger partial charge in [-0.3, -0.25) is 4.90 Å². The molecule has 0 radical (unpaired) electrons. The molecule has 0 aliphatic carbocycles. The molecule has 0 saturated carbocycles. The fraction of sp³-hybridized carbons (Fsp3) is 0.846. The zero-order chi connectivity index (χ0) is 14.6. The number of esters is 1. The number of likely N-dealkylation sites (tertiary alicyclic amines) is 1. The Morgan fingerprint density at radius 3 is 2.42 bits per heavy atom. The zero-order valence-electron chi connectivity index (χ0n) is 12.3. The van der Waals surface area contributed by atoms with E-state index in [2.05, 4.69) is 0 Å². The van der Waals surface area contributed by atoms with Crippen LogP contribution in [0.25, 0.3) is 0 Å². The maximum absolute atomic E-state index is 12.1. The van der Waals surface area contributed by atoms with Crippen molar-refractivity contribution in [3.63, 3.8) is 0 Å². The van der Waals surface area contributed by atoms with E-state index in [0.717, 1.165) is 0 Å². The van der Waals surface area contributed by atoms with Crippen molar-refractivity contribution < 1.29 is 23.8 Å². The van der Waals surface area contributed by atoms with Crippen molar-refractivity contribution >= 4 is 12.1 Å². The third-order valence-electron chi connectivity index (χ3n) is 2.78. The lowest BCUT2D eigenvalue weighted by Crippen LogP contribution is -2.44. The molecule has 2 atom stereocenters. The number of carbonyl (C=O) groups is 2. The maximum atomic E-state index is 12.1. The standard InChI is InChI=1S/C13H23NO5/c1-6-18-11(15)10-7-9(17-5)8-14(10)12(16)19-13(2,3)4/h9-10H,6-8H2,1-5H3. The Morgan fingerprint density at radius 2 is 1.95 bits per heavy atom. The van der Waals surface area contributed by atoms with Gasteiger partial charge in [-0.15, -0.1) is 0 Å². The molecular weight excluding hydrogens is 250 g/mol. The number of methoxy groups -OCH3 is 1. The molecule has 1 heterocycles. The van der Waals surface area contributed by atoms with Crippen LogP contribution in [0.5, 0.6) is 0 Å². The first kappa shape index (κ1) is 15.8. The summed E-state index contributed by atoms with van der Waals surface area (Å²) in [5.41, 5.74) is -0.596. The molecule has 6 nitrogen and oxygen atoms in total. The minimum Gasteiger partial charge on any atom is -0.464 e. The number of ether oxygens (including phenoxy) is 3. The molecule has 1 aliphatic rings. The highest BCUT2D eigenvalue weighted by atomic mass is 16.6. The first-order valence-corrected chi connectivity index (χ1v) is 6.47. The van der Waals surface area contributed by atoms with E-state index in [4.69, 9.17) is 14.2 Å².